The molecule has 4 aromatic rings. The first-order chi connectivity index (χ1) is 18.7. The lowest BCUT2D eigenvalue weighted by Gasteiger charge is -2.29. The number of hydrogen-bond acceptors (Lipinski definition) is 7. The first-order valence-electron chi connectivity index (χ1n) is 11.8. The van der Waals surface area contributed by atoms with E-state index in [0.717, 1.165) is 6.07 Å². The summed E-state index contributed by atoms with van der Waals surface area (Å²) in [6, 6.07) is 8.90. The molecular formula is C27H21ClF2N6O3. The van der Waals surface area contributed by atoms with Crippen LogP contribution < -0.4 is 14.4 Å². The lowest BCUT2D eigenvalue weighted by molar-refractivity contribution is 0.0988. The normalized spacial score (nSPS) is 14.5. The molecule has 0 fully saturated rings. The number of halogens is 3. The third kappa shape index (κ3) is 4.13. The largest absolute Gasteiger partial charge is 0.480 e. The molecule has 1 amide bonds. The Balaban J connectivity index is 1.81. The van der Waals surface area contributed by atoms with Crippen LogP contribution in [-0.2, 0) is 0 Å². The highest BCUT2D eigenvalue weighted by Gasteiger charge is 2.46. The molecule has 12 heteroatoms. The van der Waals surface area contributed by atoms with Gasteiger partial charge in [0, 0.05) is 12.2 Å². The molecule has 2 aromatic heterocycles. The Hall–Kier alpha value is -4.56. The summed E-state index contributed by atoms with van der Waals surface area (Å²) in [6.07, 6.45) is 1.47. The smallest absolute Gasteiger partial charge is 0.319 e. The van der Waals surface area contributed by atoms with E-state index in [1.54, 1.807) is 10.6 Å². The summed E-state index contributed by atoms with van der Waals surface area (Å²) < 4.78 is 42.5. The number of anilines is 1. The van der Waals surface area contributed by atoms with Crippen molar-refractivity contribution in [3.63, 3.8) is 0 Å². The molecule has 0 radical (unpaired) electrons. The predicted octanol–water partition coefficient (Wildman–Crippen LogP) is 5.49. The van der Waals surface area contributed by atoms with Crippen LogP contribution in [0.2, 0.25) is 5.02 Å². The molecule has 0 saturated carbocycles. The fourth-order valence-corrected chi connectivity index (χ4v) is 4.88. The standard InChI is InChI=1S/C27H21ClF2N6O3/c1-13(2)35-23-21(33-24(35)16-12-32-27(39-4)34-25(16)38-3)26(37)36(19-7-5-6-17(28)20(19)30)22(23)14-8-9-15(11-31)18(29)10-14/h5-10,12-13,22H,1-4H3. The summed E-state index contributed by atoms with van der Waals surface area (Å²) >= 11 is 6.06. The van der Waals surface area contributed by atoms with Gasteiger partial charge in [-0.25, -0.2) is 18.7 Å². The molecule has 0 aliphatic carbocycles. The Morgan fingerprint density at radius 3 is 2.54 bits per heavy atom. The third-order valence-corrected chi connectivity index (χ3v) is 6.66. The van der Waals surface area contributed by atoms with E-state index in [0.29, 0.717) is 22.6 Å². The number of carbonyl (C=O) groups excluding carboxylic acids is 1. The molecule has 1 unspecified atom stereocenters. The van der Waals surface area contributed by atoms with Crippen molar-refractivity contribution in [2.75, 3.05) is 19.1 Å². The van der Waals surface area contributed by atoms with Crippen LogP contribution in [0.5, 0.6) is 11.9 Å². The van der Waals surface area contributed by atoms with Crippen LogP contribution in [0.3, 0.4) is 0 Å². The van der Waals surface area contributed by atoms with Gasteiger partial charge in [0.1, 0.15) is 23.8 Å². The van der Waals surface area contributed by atoms with Gasteiger partial charge in [0.15, 0.2) is 11.5 Å². The van der Waals surface area contributed by atoms with Crippen LogP contribution >= 0.6 is 11.6 Å². The molecule has 9 nitrogen and oxygen atoms in total. The first kappa shape index (κ1) is 26.1. The lowest BCUT2D eigenvalue weighted by Crippen LogP contribution is -2.31. The maximum absolute atomic E-state index is 15.3. The Bertz CT molecular complexity index is 1670. The number of methoxy groups -OCH3 is 2. The second kappa shape index (κ2) is 9.96. The number of rotatable bonds is 6. The summed E-state index contributed by atoms with van der Waals surface area (Å²) in [6.45, 7) is 3.76. The number of nitriles is 1. The Morgan fingerprint density at radius 1 is 1.13 bits per heavy atom. The number of aromatic nitrogens is 4. The van der Waals surface area contributed by atoms with Gasteiger partial charge in [0.2, 0.25) is 5.88 Å². The molecule has 1 aliphatic heterocycles. The predicted molar refractivity (Wildman–Crippen MR) is 138 cm³/mol. The summed E-state index contributed by atoms with van der Waals surface area (Å²) in [4.78, 5) is 28.2. The van der Waals surface area contributed by atoms with Crippen LogP contribution in [-0.4, -0.2) is 39.6 Å². The van der Waals surface area contributed by atoms with Crippen molar-refractivity contribution in [2.45, 2.75) is 25.9 Å². The fraction of sp³-hybridized carbons (Fsp3) is 0.222. The second-order valence-corrected chi connectivity index (χ2v) is 9.32. The van der Waals surface area contributed by atoms with Crippen molar-refractivity contribution in [1.82, 2.24) is 19.5 Å². The van der Waals surface area contributed by atoms with Gasteiger partial charge < -0.3 is 14.0 Å². The number of benzene rings is 2. The molecule has 0 bridgehead atoms. The van der Waals surface area contributed by atoms with Crippen LogP contribution in [0.1, 0.15) is 53.2 Å². The molecule has 5 rings (SSSR count). The Morgan fingerprint density at radius 2 is 1.90 bits per heavy atom. The van der Waals surface area contributed by atoms with Gasteiger partial charge in [-0.3, -0.25) is 9.69 Å². The van der Waals surface area contributed by atoms with Gasteiger partial charge in [0.05, 0.1) is 41.8 Å². The minimum Gasteiger partial charge on any atom is -0.480 e. The summed E-state index contributed by atoms with van der Waals surface area (Å²) in [7, 11) is 2.85. The highest BCUT2D eigenvalue weighted by Crippen LogP contribution is 2.46. The Labute approximate surface area is 227 Å². The average molecular weight is 551 g/mol. The maximum atomic E-state index is 15.3. The summed E-state index contributed by atoms with van der Waals surface area (Å²) in [5.41, 5.74) is 0.866. The van der Waals surface area contributed by atoms with E-state index in [1.165, 1.54) is 55.6 Å². The van der Waals surface area contributed by atoms with Crippen molar-refractivity contribution in [1.29, 1.82) is 5.26 Å². The van der Waals surface area contributed by atoms with E-state index in [9.17, 15) is 14.4 Å². The molecule has 2 aromatic carbocycles. The molecule has 0 saturated heterocycles. The number of carbonyl (C=O) groups is 1. The number of amides is 1. The molecule has 0 N–H and O–H groups in total. The van der Waals surface area contributed by atoms with Gasteiger partial charge in [-0.05, 0) is 43.7 Å². The quantitative estimate of drug-likeness (QED) is 0.312. The van der Waals surface area contributed by atoms with Gasteiger partial charge in [-0.15, -0.1) is 0 Å². The molecule has 1 aliphatic rings. The van der Waals surface area contributed by atoms with E-state index < -0.39 is 23.6 Å². The number of hydrogen-bond donors (Lipinski definition) is 0. The van der Waals surface area contributed by atoms with E-state index in [2.05, 4.69) is 15.0 Å². The van der Waals surface area contributed by atoms with Crippen LogP contribution in [0.25, 0.3) is 11.4 Å². The van der Waals surface area contributed by atoms with E-state index in [1.807, 2.05) is 13.8 Å². The van der Waals surface area contributed by atoms with Gasteiger partial charge >= 0.3 is 6.01 Å². The lowest BCUT2D eigenvalue weighted by atomic mass is 10.0. The monoisotopic (exact) mass is 550 g/mol. The van der Waals surface area contributed by atoms with Crippen LogP contribution in [0.15, 0.2) is 42.6 Å². The number of imidazole rings is 1. The van der Waals surface area contributed by atoms with Gasteiger partial charge in [-0.1, -0.05) is 23.7 Å². The SMILES string of the molecule is COc1ncc(-c2nc3c(n2C(C)C)C(c2ccc(C#N)c(F)c2)N(c2cccc(Cl)c2F)C3=O)c(OC)n1. The first-order valence-corrected chi connectivity index (χ1v) is 12.1. The van der Waals surface area contributed by atoms with Gasteiger partial charge in [-0.2, -0.15) is 10.2 Å². The Kier molecular flexibility index (Phi) is 6.66. The van der Waals surface area contributed by atoms with E-state index in [-0.39, 0.29) is 39.9 Å². The second-order valence-electron chi connectivity index (χ2n) is 8.91. The third-order valence-electron chi connectivity index (χ3n) is 6.37. The minimum absolute atomic E-state index is 0.0331. The maximum Gasteiger partial charge on any atom is 0.319 e. The summed E-state index contributed by atoms with van der Waals surface area (Å²) in [5, 5.41) is 9.06. The molecular weight excluding hydrogens is 530 g/mol. The fourth-order valence-electron chi connectivity index (χ4n) is 4.71. The molecule has 1 atom stereocenters. The highest BCUT2D eigenvalue weighted by molar-refractivity contribution is 6.31. The summed E-state index contributed by atoms with van der Waals surface area (Å²) in [5.74, 6) is -1.71. The molecule has 3 heterocycles. The van der Waals surface area contributed by atoms with Crippen molar-refractivity contribution in [3.05, 3.63) is 81.8 Å². The highest BCUT2D eigenvalue weighted by atomic mass is 35.5. The van der Waals surface area contributed by atoms with Crippen molar-refractivity contribution in [2.24, 2.45) is 0 Å². The zero-order valence-electron chi connectivity index (χ0n) is 21.2. The number of ether oxygens (including phenoxy) is 2. The topological polar surface area (TPSA) is 106 Å². The van der Waals surface area contributed by atoms with E-state index >= 15 is 4.39 Å². The van der Waals surface area contributed by atoms with Gasteiger partial charge in [0.25, 0.3) is 5.91 Å². The number of fused-ring (bicyclic) bond motifs is 1. The van der Waals surface area contributed by atoms with Crippen molar-refractivity contribution in [3.8, 4) is 29.3 Å². The van der Waals surface area contributed by atoms with Crippen molar-refractivity contribution >= 4 is 23.2 Å². The number of nitrogens with zero attached hydrogens (tertiary/aromatic N) is 6. The molecule has 0 spiro atoms. The van der Waals surface area contributed by atoms with E-state index in [4.69, 9.17) is 21.1 Å². The van der Waals surface area contributed by atoms with Crippen LogP contribution in [0, 0.1) is 23.0 Å². The zero-order valence-corrected chi connectivity index (χ0v) is 22.0. The minimum atomic E-state index is -1.00. The zero-order chi connectivity index (χ0) is 28.0. The molecule has 198 valence electrons. The van der Waals surface area contributed by atoms with Crippen molar-refractivity contribution < 1.29 is 23.0 Å². The molecule has 39 heavy (non-hydrogen) atoms. The van der Waals surface area contributed by atoms with Crippen LogP contribution in [0.4, 0.5) is 14.5 Å². The average Bonchev–Trinajstić information content (AvgIpc) is 3.44.